The quantitative estimate of drug-likeness (QED) is 0.693. The summed E-state index contributed by atoms with van der Waals surface area (Å²) in [4.78, 5) is 17.7. The molecule has 4 nitrogen and oxygen atoms in total. The van der Waals surface area contributed by atoms with Crippen LogP contribution < -0.4 is 9.54 Å². The lowest BCUT2D eigenvalue weighted by Gasteiger charge is -2.08. The molecule has 0 N–H and O–H groups in total. The molecule has 0 unspecified atom stereocenters. The zero-order chi connectivity index (χ0) is 18.0. The number of aromatic nitrogens is 1. The average Bonchev–Trinajstić information content (AvgIpc) is 2.96. The number of fused-ring (bicyclic) bond motifs is 1. The summed E-state index contributed by atoms with van der Waals surface area (Å²) in [7, 11) is 1.67. The number of carbonyl (C=O) groups excluding carboxylic acids is 1. The summed E-state index contributed by atoms with van der Waals surface area (Å²) in [6.45, 7) is 6.98. The molecule has 0 atom stereocenters. The molecule has 130 valence electrons. The van der Waals surface area contributed by atoms with E-state index in [-0.39, 0.29) is 5.91 Å². The first kappa shape index (κ1) is 17.4. The van der Waals surface area contributed by atoms with E-state index in [1.807, 2.05) is 43.3 Å². The third kappa shape index (κ3) is 3.37. The lowest BCUT2D eigenvalue weighted by Crippen LogP contribution is -2.17. The van der Waals surface area contributed by atoms with Crippen molar-refractivity contribution in [3.63, 3.8) is 0 Å². The van der Waals surface area contributed by atoms with Crippen LogP contribution in [0.5, 0.6) is 5.75 Å². The zero-order valence-corrected chi connectivity index (χ0v) is 15.8. The minimum absolute atomic E-state index is 0.215. The molecule has 0 spiro atoms. The predicted molar refractivity (Wildman–Crippen MR) is 102 cm³/mol. The van der Waals surface area contributed by atoms with Crippen molar-refractivity contribution in [1.82, 2.24) is 4.57 Å². The molecule has 25 heavy (non-hydrogen) atoms. The van der Waals surface area contributed by atoms with Gasteiger partial charge in [-0.2, -0.15) is 4.99 Å². The average molecular weight is 354 g/mol. The maximum Gasteiger partial charge on any atom is 0.279 e. The fraction of sp³-hybridized carbons (Fsp3) is 0.300. The summed E-state index contributed by atoms with van der Waals surface area (Å²) in [5.74, 6) is 0.600. The fourth-order valence-electron chi connectivity index (χ4n) is 2.81. The van der Waals surface area contributed by atoms with Crippen LogP contribution in [-0.4, -0.2) is 17.6 Å². The first-order valence-corrected chi connectivity index (χ1v) is 9.19. The molecule has 5 heteroatoms. The van der Waals surface area contributed by atoms with Gasteiger partial charge in [0.1, 0.15) is 11.3 Å². The van der Waals surface area contributed by atoms with Crippen LogP contribution in [0.1, 0.15) is 34.8 Å². The van der Waals surface area contributed by atoms with Gasteiger partial charge in [-0.05, 0) is 44.0 Å². The molecule has 0 radical (unpaired) electrons. The SMILES string of the molecule is CCCn1c(=NC(=O)c2ccc(C)cc2)sc2c(C)ccc(OC)c21. The van der Waals surface area contributed by atoms with E-state index in [0.717, 1.165) is 44.9 Å². The summed E-state index contributed by atoms with van der Waals surface area (Å²) in [6, 6.07) is 11.5. The number of thiazole rings is 1. The molecule has 0 bridgehead atoms. The molecule has 3 aromatic rings. The highest BCUT2D eigenvalue weighted by Crippen LogP contribution is 2.30. The van der Waals surface area contributed by atoms with Crippen LogP contribution in [0.4, 0.5) is 0 Å². The first-order valence-electron chi connectivity index (χ1n) is 8.37. The van der Waals surface area contributed by atoms with Gasteiger partial charge < -0.3 is 9.30 Å². The van der Waals surface area contributed by atoms with Gasteiger partial charge in [0.2, 0.25) is 0 Å². The Hall–Kier alpha value is -2.40. The molecule has 0 saturated carbocycles. The Kier molecular flexibility index (Phi) is 5.04. The number of rotatable bonds is 4. The molecule has 3 rings (SSSR count). The van der Waals surface area contributed by atoms with E-state index in [4.69, 9.17) is 4.74 Å². The van der Waals surface area contributed by atoms with Gasteiger partial charge in [0, 0.05) is 12.1 Å². The highest BCUT2D eigenvalue weighted by Gasteiger charge is 2.14. The van der Waals surface area contributed by atoms with Crippen molar-refractivity contribution >= 4 is 27.5 Å². The third-order valence-electron chi connectivity index (χ3n) is 4.15. The number of ether oxygens (including phenoxy) is 1. The minimum atomic E-state index is -0.215. The predicted octanol–water partition coefficient (Wildman–Crippen LogP) is 4.48. The fourth-order valence-corrected chi connectivity index (χ4v) is 3.95. The Morgan fingerprint density at radius 3 is 2.52 bits per heavy atom. The van der Waals surface area contributed by atoms with Gasteiger partial charge in [0.15, 0.2) is 4.80 Å². The summed E-state index contributed by atoms with van der Waals surface area (Å²) in [5.41, 5.74) is 3.91. The van der Waals surface area contributed by atoms with Crippen molar-refractivity contribution < 1.29 is 9.53 Å². The van der Waals surface area contributed by atoms with Crippen LogP contribution in [-0.2, 0) is 6.54 Å². The maximum absolute atomic E-state index is 12.6. The Balaban J connectivity index is 2.21. The minimum Gasteiger partial charge on any atom is -0.495 e. The van der Waals surface area contributed by atoms with Gasteiger partial charge in [-0.15, -0.1) is 0 Å². The van der Waals surface area contributed by atoms with E-state index in [2.05, 4.69) is 23.4 Å². The number of aryl methyl sites for hydroxylation is 3. The standard InChI is InChI=1S/C20H22N2O2S/c1-5-12-22-17-16(24-4)11-8-14(3)18(17)25-20(22)21-19(23)15-9-6-13(2)7-10-15/h6-11H,5,12H2,1-4H3. The second kappa shape index (κ2) is 7.23. The second-order valence-corrected chi connectivity index (χ2v) is 7.06. The molecular formula is C20H22N2O2S. The van der Waals surface area contributed by atoms with E-state index >= 15 is 0 Å². The van der Waals surface area contributed by atoms with Crippen molar-refractivity contribution in [1.29, 1.82) is 0 Å². The Morgan fingerprint density at radius 1 is 1.16 bits per heavy atom. The van der Waals surface area contributed by atoms with Crippen molar-refractivity contribution in [2.75, 3.05) is 7.11 Å². The first-order chi connectivity index (χ1) is 12.0. The Bertz CT molecular complexity index is 981. The molecule has 0 aliphatic heterocycles. The number of carbonyl (C=O) groups is 1. The highest BCUT2D eigenvalue weighted by atomic mass is 32.1. The number of hydrogen-bond acceptors (Lipinski definition) is 3. The summed E-state index contributed by atoms with van der Waals surface area (Å²) in [6.07, 6.45) is 0.953. The number of nitrogens with zero attached hydrogens (tertiary/aromatic N) is 2. The lowest BCUT2D eigenvalue weighted by atomic mass is 10.1. The monoisotopic (exact) mass is 354 g/mol. The molecule has 2 aromatic carbocycles. The van der Waals surface area contributed by atoms with E-state index in [1.165, 1.54) is 0 Å². The normalized spacial score (nSPS) is 11.9. The third-order valence-corrected chi connectivity index (χ3v) is 5.36. The number of benzene rings is 2. The van der Waals surface area contributed by atoms with E-state index in [9.17, 15) is 4.79 Å². The van der Waals surface area contributed by atoms with Gasteiger partial charge in [-0.3, -0.25) is 4.79 Å². The largest absolute Gasteiger partial charge is 0.495 e. The van der Waals surface area contributed by atoms with Gasteiger partial charge in [0.25, 0.3) is 5.91 Å². The van der Waals surface area contributed by atoms with Crippen molar-refractivity contribution in [3.05, 3.63) is 57.9 Å². The van der Waals surface area contributed by atoms with Crippen LogP contribution in [0.2, 0.25) is 0 Å². The van der Waals surface area contributed by atoms with Gasteiger partial charge in [0.05, 0.1) is 11.8 Å². The van der Waals surface area contributed by atoms with Crippen LogP contribution in [0.25, 0.3) is 10.2 Å². The molecule has 1 aromatic heterocycles. The lowest BCUT2D eigenvalue weighted by molar-refractivity contribution is 0.0998. The number of methoxy groups -OCH3 is 1. The molecule has 1 amide bonds. The maximum atomic E-state index is 12.6. The van der Waals surface area contributed by atoms with Crippen LogP contribution in [0.15, 0.2) is 41.4 Å². The number of amides is 1. The van der Waals surface area contributed by atoms with E-state index < -0.39 is 0 Å². The second-order valence-electron chi connectivity index (χ2n) is 6.08. The van der Waals surface area contributed by atoms with Crippen LogP contribution in [0.3, 0.4) is 0 Å². The Morgan fingerprint density at radius 2 is 1.88 bits per heavy atom. The molecule has 0 aliphatic rings. The van der Waals surface area contributed by atoms with E-state index in [0.29, 0.717) is 5.56 Å². The van der Waals surface area contributed by atoms with Gasteiger partial charge in [-0.1, -0.05) is 42.0 Å². The summed E-state index contributed by atoms with van der Waals surface area (Å²) >= 11 is 1.54. The molecular weight excluding hydrogens is 332 g/mol. The van der Waals surface area contributed by atoms with Gasteiger partial charge >= 0.3 is 0 Å². The van der Waals surface area contributed by atoms with Crippen LogP contribution in [0, 0.1) is 13.8 Å². The van der Waals surface area contributed by atoms with Gasteiger partial charge in [-0.25, -0.2) is 0 Å². The van der Waals surface area contributed by atoms with Crippen molar-refractivity contribution in [2.45, 2.75) is 33.7 Å². The van der Waals surface area contributed by atoms with Crippen molar-refractivity contribution in [3.8, 4) is 5.75 Å². The Labute approximate surface area is 151 Å². The summed E-state index contributed by atoms with van der Waals surface area (Å²) < 4.78 is 8.75. The van der Waals surface area contributed by atoms with E-state index in [1.54, 1.807) is 18.4 Å². The zero-order valence-electron chi connectivity index (χ0n) is 15.0. The summed E-state index contributed by atoms with van der Waals surface area (Å²) in [5, 5.41) is 0. The molecule has 1 heterocycles. The molecule has 0 saturated heterocycles. The molecule has 0 fully saturated rings. The highest BCUT2D eigenvalue weighted by molar-refractivity contribution is 7.16. The smallest absolute Gasteiger partial charge is 0.279 e. The van der Waals surface area contributed by atoms with Crippen LogP contribution >= 0.6 is 11.3 Å². The molecule has 0 aliphatic carbocycles. The number of hydrogen-bond donors (Lipinski definition) is 0. The van der Waals surface area contributed by atoms with Crippen molar-refractivity contribution in [2.24, 2.45) is 4.99 Å². The topological polar surface area (TPSA) is 43.6 Å².